The minimum Gasteiger partial charge on any atom is -0.368 e. The van der Waals surface area contributed by atoms with E-state index in [-0.39, 0.29) is 24.0 Å². The number of hydrogen-bond acceptors (Lipinski definition) is 3. The summed E-state index contributed by atoms with van der Waals surface area (Å²) in [5.74, 6) is 0.986. The van der Waals surface area contributed by atoms with Crippen LogP contribution in [0.5, 0.6) is 0 Å². The maximum Gasteiger partial charge on any atom is 0.194 e. The number of hydrogen-bond donors (Lipinski definition) is 1. The average molecular weight is 493 g/mol. The monoisotopic (exact) mass is 493 g/mol. The lowest BCUT2D eigenvalue weighted by atomic mass is 10.1. The molecule has 3 rings (SSSR count). The number of piperazine rings is 1. The van der Waals surface area contributed by atoms with Gasteiger partial charge in [0.25, 0.3) is 0 Å². The first-order valence-electron chi connectivity index (χ1n) is 9.64. The molecular formula is C22H32IN5. The van der Waals surface area contributed by atoms with Gasteiger partial charge in [-0.15, -0.1) is 24.0 Å². The highest BCUT2D eigenvalue weighted by Gasteiger charge is 2.19. The maximum atomic E-state index is 4.49. The molecule has 2 aromatic rings. The van der Waals surface area contributed by atoms with Crippen LogP contribution in [0.2, 0.25) is 0 Å². The van der Waals surface area contributed by atoms with Crippen molar-refractivity contribution in [2.45, 2.75) is 13.1 Å². The van der Waals surface area contributed by atoms with Crippen LogP contribution in [0.15, 0.2) is 59.6 Å². The molecule has 152 valence electrons. The Morgan fingerprint density at radius 3 is 2.11 bits per heavy atom. The predicted molar refractivity (Wildman–Crippen MR) is 130 cm³/mol. The SMILES string of the molecule is CN=C(NCc1ccc(CN(C)C)cc1)N1CCN(c2ccccc2)CC1.I. The van der Waals surface area contributed by atoms with Crippen LogP contribution in [-0.4, -0.2) is 63.1 Å². The Balaban J connectivity index is 0.00000280. The van der Waals surface area contributed by atoms with E-state index >= 15 is 0 Å². The number of para-hydroxylation sites is 1. The Labute approximate surface area is 186 Å². The summed E-state index contributed by atoms with van der Waals surface area (Å²) in [5, 5.41) is 3.52. The number of aliphatic imine (C=N–C) groups is 1. The van der Waals surface area contributed by atoms with E-state index in [2.05, 4.69) is 93.7 Å². The van der Waals surface area contributed by atoms with Gasteiger partial charge in [0, 0.05) is 52.0 Å². The number of rotatable bonds is 5. The van der Waals surface area contributed by atoms with E-state index in [0.29, 0.717) is 0 Å². The van der Waals surface area contributed by atoms with Crippen LogP contribution < -0.4 is 10.2 Å². The van der Waals surface area contributed by atoms with E-state index in [9.17, 15) is 0 Å². The van der Waals surface area contributed by atoms with Crippen molar-refractivity contribution in [1.29, 1.82) is 0 Å². The van der Waals surface area contributed by atoms with Gasteiger partial charge in [-0.05, 0) is 37.4 Å². The first kappa shape index (κ1) is 22.5. The molecule has 0 bridgehead atoms. The fraction of sp³-hybridized carbons (Fsp3) is 0.409. The molecule has 2 aromatic carbocycles. The van der Waals surface area contributed by atoms with E-state index in [1.807, 2.05) is 7.05 Å². The smallest absolute Gasteiger partial charge is 0.194 e. The Hall–Kier alpha value is -1.80. The van der Waals surface area contributed by atoms with Crippen LogP contribution in [-0.2, 0) is 13.1 Å². The maximum absolute atomic E-state index is 4.49. The minimum absolute atomic E-state index is 0. The molecule has 28 heavy (non-hydrogen) atoms. The molecular weight excluding hydrogens is 461 g/mol. The molecule has 1 heterocycles. The highest BCUT2D eigenvalue weighted by atomic mass is 127. The Morgan fingerprint density at radius 1 is 0.929 bits per heavy atom. The molecule has 1 N–H and O–H groups in total. The molecule has 0 radical (unpaired) electrons. The zero-order valence-corrected chi connectivity index (χ0v) is 19.5. The Kier molecular flexibility index (Phi) is 9.05. The van der Waals surface area contributed by atoms with Gasteiger partial charge in [-0.2, -0.15) is 0 Å². The summed E-state index contributed by atoms with van der Waals surface area (Å²) in [6.07, 6.45) is 0. The van der Waals surface area contributed by atoms with Crippen molar-refractivity contribution in [2.75, 3.05) is 52.2 Å². The highest BCUT2D eigenvalue weighted by Crippen LogP contribution is 2.15. The van der Waals surface area contributed by atoms with Crippen LogP contribution in [0.4, 0.5) is 5.69 Å². The van der Waals surface area contributed by atoms with Crippen molar-refractivity contribution in [3.63, 3.8) is 0 Å². The van der Waals surface area contributed by atoms with Gasteiger partial charge in [-0.25, -0.2) is 0 Å². The molecule has 1 saturated heterocycles. The standard InChI is InChI=1S/C22H31N5.HI/c1-23-22(24-17-19-9-11-20(12-10-19)18-25(2)3)27-15-13-26(14-16-27)21-7-5-4-6-8-21;/h4-12H,13-18H2,1-3H3,(H,23,24);1H. The summed E-state index contributed by atoms with van der Waals surface area (Å²) in [6, 6.07) is 19.5. The molecule has 0 amide bonds. The minimum atomic E-state index is 0. The third kappa shape index (κ3) is 6.38. The third-order valence-corrected chi connectivity index (χ3v) is 4.88. The number of nitrogens with zero attached hydrogens (tertiary/aromatic N) is 4. The predicted octanol–water partition coefficient (Wildman–Crippen LogP) is 3.26. The van der Waals surface area contributed by atoms with Gasteiger partial charge in [0.05, 0.1) is 0 Å². The van der Waals surface area contributed by atoms with Crippen LogP contribution in [0.1, 0.15) is 11.1 Å². The van der Waals surface area contributed by atoms with Gasteiger partial charge in [0.1, 0.15) is 0 Å². The summed E-state index contributed by atoms with van der Waals surface area (Å²) in [7, 11) is 6.06. The third-order valence-electron chi connectivity index (χ3n) is 4.88. The summed E-state index contributed by atoms with van der Waals surface area (Å²) in [5.41, 5.74) is 3.92. The molecule has 0 unspecified atom stereocenters. The van der Waals surface area contributed by atoms with Crippen molar-refractivity contribution in [1.82, 2.24) is 15.1 Å². The highest BCUT2D eigenvalue weighted by molar-refractivity contribution is 14.0. The van der Waals surface area contributed by atoms with Gasteiger partial charge in [-0.3, -0.25) is 4.99 Å². The van der Waals surface area contributed by atoms with Crippen molar-refractivity contribution in [3.8, 4) is 0 Å². The van der Waals surface area contributed by atoms with E-state index in [4.69, 9.17) is 0 Å². The van der Waals surface area contributed by atoms with E-state index < -0.39 is 0 Å². The van der Waals surface area contributed by atoms with E-state index in [1.165, 1.54) is 16.8 Å². The summed E-state index contributed by atoms with van der Waals surface area (Å²) < 4.78 is 0. The molecule has 0 saturated carbocycles. The first-order valence-corrected chi connectivity index (χ1v) is 9.64. The van der Waals surface area contributed by atoms with Gasteiger partial charge in [0.2, 0.25) is 0 Å². The van der Waals surface area contributed by atoms with Crippen LogP contribution >= 0.6 is 24.0 Å². The van der Waals surface area contributed by atoms with Gasteiger partial charge < -0.3 is 20.0 Å². The normalized spacial score (nSPS) is 14.8. The lowest BCUT2D eigenvalue weighted by Gasteiger charge is -2.37. The number of anilines is 1. The van der Waals surface area contributed by atoms with E-state index in [0.717, 1.165) is 45.2 Å². The second kappa shape index (κ2) is 11.3. The molecule has 0 spiro atoms. The zero-order valence-electron chi connectivity index (χ0n) is 17.1. The number of guanidine groups is 1. The summed E-state index contributed by atoms with van der Waals surface area (Å²) in [6.45, 7) is 5.77. The van der Waals surface area contributed by atoms with Crippen molar-refractivity contribution in [3.05, 3.63) is 65.7 Å². The lowest BCUT2D eigenvalue weighted by Crippen LogP contribution is -2.52. The van der Waals surface area contributed by atoms with Gasteiger partial charge in [-0.1, -0.05) is 42.5 Å². The topological polar surface area (TPSA) is 34.1 Å². The van der Waals surface area contributed by atoms with Crippen LogP contribution in [0.3, 0.4) is 0 Å². The van der Waals surface area contributed by atoms with Gasteiger partial charge in [0.15, 0.2) is 5.96 Å². The second-order valence-corrected chi connectivity index (χ2v) is 7.26. The second-order valence-electron chi connectivity index (χ2n) is 7.26. The quantitative estimate of drug-likeness (QED) is 0.394. The molecule has 0 atom stereocenters. The molecule has 1 fully saturated rings. The lowest BCUT2D eigenvalue weighted by molar-refractivity contribution is 0.372. The number of benzene rings is 2. The summed E-state index contributed by atoms with van der Waals surface area (Å²) >= 11 is 0. The number of halogens is 1. The van der Waals surface area contributed by atoms with E-state index in [1.54, 1.807) is 0 Å². The fourth-order valence-electron chi connectivity index (χ4n) is 3.46. The van der Waals surface area contributed by atoms with Crippen LogP contribution in [0, 0.1) is 0 Å². The van der Waals surface area contributed by atoms with Crippen molar-refractivity contribution >= 4 is 35.6 Å². The summed E-state index contributed by atoms with van der Waals surface area (Å²) in [4.78, 5) is 11.5. The number of nitrogens with one attached hydrogen (secondary N) is 1. The fourth-order valence-corrected chi connectivity index (χ4v) is 3.46. The molecule has 0 aromatic heterocycles. The Bertz CT molecular complexity index is 722. The molecule has 1 aliphatic rings. The first-order chi connectivity index (χ1) is 13.2. The van der Waals surface area contributed by atoms with Crippen LogP contribution in [0.25, 0.3) is 0 Å². The Morgan fingerprint density at radius 2 is 1.54 bits per heavy atom. The average Bonchev–Trinajstić information content (AvgIpc) is 2.70. The molecule has 1 aliphatic heterocycles. The molecule has 6 heteroatoms. The largest absolute Gasteiger partial charge is 0.368 e. The molecule has 0 aliphatic carbocycles. The zero-order chi connectivity index (χ0) is 19.1. The van der Waals surface area contributed by atoms with Crippen molar-refractivity contribution in [2.24, 2.45) is 4.99 Å². The molecule has 5 nitrogen and oxygen atoms in total. The van der Waals surface area contributed by atoms with Gasteiger partial charge >= 0.3 is 0 Å². The van der Waals surface area contributed by atoms with Crippen molar-refractivity contribution < 1.29 is 0 Å².